The first-order valence-corrected chi connectivity index (χ1v) is 7.67. The summed E-state index contributed by atoms with van der Waals surface area (Å²) in [6.07, 6.45) is 1.23. The smallest absolute Gasteiger partial charge is 0.175 e. The zero-order valence-corrected chi connectivity index (χ0v) is 12.1. The summed E-state index contributed by atoms with van der Waals surface area (Å²) in [5, 5.41) is 3.31. The molecule has 1 heterocycles. The van der Waals surface area contributed by atoms with Crippen LogP contribution in [0.3, 0.4) is 0 Å². The second-order valence-corrected chi connectivity index (χ2v) is 6.46. The van der Waals surface area contributed by atoms with Crippen LogP contribution in [-0.4, -0.2) is 45.8 Å². The Morgan fingerprint density at radius 2 is 1.72 bits per heavy atom. The van der Waals surface area contributed by atoms with Crippen LogP contribution in [0.5, 0.6) is 0 Å². The van der Waals surface area contributed by atoms with E-state index < -0.39 is 9.84 Å². The van der Waals surface area contributed by atoms with E-state index in [9.17, 15) is 8.42 Å². The second-order valence-electron chi connectivity index (χ2n) is 4.44. The van der Waals surface area contributed by atoms with Gasteiger partial charge in [-0.25, -0.2) is 8.42 Å². The standard InChI is InChI=1S/C12H18N2O2S.ClH/c1-17(15,16)12-4-2-11(3-5-12)10-14-8-6-13-7-9-14;/h2-5,13H,6-10H2,1H3;1H. The van der Waals surface area contributed by atoms with Crippen LogP contribution in [-0.2, 0) is 16.4 Å². The van der Waals surface area contributed by atoms with Gasteiger partial charge < -0.3 is 5.32 Å². The third-order valence-electron chi connectivity index (χ3n) is 2.97. The lowest BCUT2D eigenvalue weighted by atomic mass is 10.2. The van der Waals surface area contributed by atoms with Gasteiger partial charge in [0.15, 0.2) is 9.84 Å². The van der Waals surface area contributed by atoms with Crippen molar-refractivity contribution in [1.29, 1.82) is 0 Å². The molecule has 0 aliphatic carbocycles. The van der Waals surface area contributed by atoms with Crippen molar-refractivity contribution in [2.45, 2.75) is 11.4 Å². The molecule has 1 N–H and O–H groups in total. The zero-order valence-electron chi connectivity index (χ0n) is 10.4. The van der Waals surface area contributed by atoms with Crippen molar-refractivity contribution >= 4 is 22.2 Å². The summed E-state index contributed by atoms with van der Waals surface area (Å²) in [6, 6.07) is 7.18. The number of nitrogens with zero attached hydrogens (tertiary/aromatic N) is 1. The summed E-state index contributed by atoms with van der Waals surface area (Å²) in [5.41, 5.74) is 1.17. The lowest BCUT2D eigenvalue weighted by molar-refractivity contribution is 0.233. The average Bonchev–Trinajstić information content (AvgIpc) is 2.30. The van der Waals surface area contributed by atoms with E-state index in [4.69, 9.17) is 0 Å². The third kappa shape index (κ3) is 4.24. The molecule has 1 fully saturated rings. The second kappa shape index (κ2) is 6.52. The SMILES string of the molecule is CS(=O)(=O)c1ccc(CN2CCNCC2)cc1.Cl. The highest BCUT2D eigenvalue weighted by Gasteiger charge is 2.11. The molecular formula is C12H19ClN2O2S. The van der Waals surface area contributed by atoms with Crippen LogP contribution >= 0.6 is 12.4 Å². The highest BCUT2D eigenvalue weighted by molar-refractivity contribution is 7.90. The Kier molecular flexibility index (Phi) is 5.59. The van der Waals surface area contributed by atoms with Crippen molar-refractivity contribution < 1.29 is 8.42 Å². The highest BCUT2D eigenvalue weighted by atomic mass is 35.5. The molecule has 0 spiro atoms. The van der Waals surface area contributed by atoms with Gasteiger partial charge in [-0.15, -0.1) is 12.4 Å². The number of piperazine rings is 1. The number of sulfone groups is 1. The first-order chi connectivity index (χ1) is 8.05. The van der Waals surface area contributed by atoms with Gasteiger partial charge in [0.2, 0.25) is 0 Å². The molecule has 1 aliphatic heterocycles. The minimum atomic E-state index is -3.08. The van der Waals surface area contributed by atoms with Gasteiger partial charge in [-0.3, -0.25) is 4.90 Å². The maximum Gasteiger partial charge on any atom is 0.175 e. The Hall–Kier alpha value is -0.620. The molecule has 0 amide bonds. The lowest BCUT2D eigenvalue weighted by Gasteiger charge is -2.27. The fourth-order valence-electron chi connectivity index (χ4n) is 1.97. The van der Waals surface area contributed by atoms with Crippen LogP contribution < -0.4 is 5.32 Å². The minimum absolute atomic E-state index is 0. The first-order valence-electron chi connectivity index (χ1n) is 5.78. The maximum absolute atomic E-state index is 11.3. The molecule has 6 heteroatoms. The molecule has 0 bridgehead atoms. The van der Waals surface area contributed by atoms with E-state index in [0.29, 0.717) is 4.90 Å². The maximum atomic E-state index is 11.3. The molecule has 1 aromatic rings. The molecule has 102 valence electrons. The van der Waals surface area contributed by atoms with Gasteiger partial charge in [0.05, 0.1) is 4.90 Å². The molecule has 0 aromatic heterocycles. The predicted molar refractivity (Wildman–Crippen MR) is 74.9 cm³/mol. The fraction of sp³-hybridized carbons (Fsp3) is 0.500. The predicted octanol–water partition coefficient (Wildman–Crippen LogP) is 0.917. The molecule has 4 nitrogen and oxygen atoms in total. The van der Waals surface area contributed by atoms with E-state index in [0.717, 1.165) is 32.7 Å². The quantitative estimate of drug-likeness (QED) is 0.899. The first kappa shape index (κ1) is 15.4. The van der Waals surface area contributed by atoms with Crippen LogP contribution in [0.2, 0.25) is 0 Å². The Bertz CT molecular complexity index is 467. The summed E-state index contributed by atoms with van der Waals surface area (Å²) < 4.78 is 22.6. The van der Waals surface area contributed by atoms with Crippen LogP contribution in [0.15, 0.2) is 29.2 Å². The Balaban J connectivity index is 0.00000162. The van der Waals surface area contributed by atoms with E-state index in [-0.39, 0.29) is 12.4 Å². The number of halogens is 1. The number of hydrogen-bond acceptors (Lipinski definition) is 4. The van der Waals surface area contributed by atoms with Gasteiger partial charge in [-0.05, 0) is 17.7 Å². The number of benzene rings is 1. The normalized spacial score (nSPS) is 17.2. The average molecular weight is 291 g/mol. The summed E-state index contributed by atoms with van der Waals surface area (Å²) >= 11 is 0. The lowest BCUT2D eigenvalue weighted by Crippen LogP contribution is -2.42. The van der Waals surface area contributed by atoms with Gasteiger partial charge in [0, 0.05) is 39.0 Å². The Labute approximate surface area is 115 Å². The van der Waals surface area contributed by atoms with Crippen molar-refractivity contribution in [3.05, 3.63) is 29.8 Å². The molecule has 0 atom stereocenters. The molecule has 0 radical (unpaired) electrons. The molecule has 18 heavy (non-hydrogen) atoms. The van der Waals surface area contributed by atoms with E-state index in [2.05, 4.69) is 10.2 Å². The Morgan fingerprint density at radius 1 is 1.17 bits per heavy atom. The monoisotopic (exact) mass is 290 g/mol. The van der Waals surface area contributed by atoms with Crippen LogP contribution in [0, 0.1) is 0 Å². The van der Waals surface area contributed by atoms with Crippen LogP contribution in [0.25, 0.3) is 0 Å². The van der Waals surface area contributed by atoms with Gasteiger partial charge in [-0.2, -0.15) is 0 Å². The van der Waals surface area contributed by atoms with E-state index in [1.54, 1.807) is 12.1 Å². The number of rotatable bonds is 3. The summed E-state index contributed by atoms with van der Waals surface area (Å²) in [6.45, 7) is 5.05. The van der Waals surface area contributed by atoms with Crippen LogP contribution in [0.4, 0.5) is 0 Å². The van der Waals surface area contributed by atoms with Gasteiger partial charge >= 0.3 is 0 Å². The molecule has 0 saturated carbocycles. The molecule has 1 aliphatic rings. The highest BCUT2D eigenvalue weighted by Crippen LogP contribution is 2.12. The number of nitrogens with one attached hydrogen (secondary N) is 1. The molecule has 1 aromatic carbocycles. The van der Waals surface area contributed by atoms with Gasteiger partial charge in [0.1, 0.15) is 0 Å². The summed E-state index contributed by atoms with van der Waals surface area (Å²) in [5.74, 6) is 0. The summed E-state index contributed by atoms with van der Waals surface area (Å²) in [7, 11) is -3.08. The van der Waals surface area contributed by atoms with Crippen molar-refractivity contribution in [3.63, 3.8) is 0 Å². The largest absolute Gasteiger partial charge is 0.314 e. The van der Waals surface area contributed by atoms with Crippen molar-refractivity contribution in [3.8, 4) is 0 Å². The molecule has 0 unspecified atom stereocenters. The van der Waals surface area contributed by atoms with Gasteiger partial charge in [0.25, 0.3) is 0 Å². The fourth-order valence-corrected chi connectivity index (χ4v) is 2.60. The topological polar surface area (TPSA) is 49.4 Å². The molecular weight excluding hydrogens is 272 g/mol. The van der Waals surface area contributed by atoms with Crippen LogP contribution in [0.1, 0.15) is 5.56 Å². The minimum Gasteiger partial charge on any atom is -0.314 e. The summed E-state index contributed by atoms with van der Waals surface area (Å²) in [4.78, 5) is 2.76. The number of hydrogen-bond donors (Lipinski definition) is 1. The van der Waals surface area contributed by atoms with E-state index >= 15 is 0 Å². The van der Waals surface area contributed by atoms with Gasteiger partial charge in [-0.1, -0.05) is 12.1 Å². The van der Waals surface area contributed by atoms with E-state index in [1.807, 2.05) is 12.1 Å². The van der Waals surface area contributed by atoms with E-state index in [1.165, 1.54) is 11.8 Å². The molecule has 2 rings (SSSR count). The van der Waals surface area contributed by atoms with Crippen molar-refractivity contribution in [1.82, 2.24) is 10.2 Å². The van der Waals surface area contributed by atoms with Crippen molar-refractivity contribution in [2.75, 3.05) is 32.4 Å². The Morgan fingerprint density at radius 3 is 2.22 bits per heavy atom. The zero-order chi connectivity index (χ0) is 12.3. The van der Waals surface area contributed by atoms with Crippen molar-refractivity contribution in [2.24, 2.45) is 0 Å². The molecule has 1 saturated heterocycles. The third-order valence-corrected chi connectivity index (χ3v) is 4.10.